The van der Waals surface area contributed by atoms with Gasteiger partial charge in [0.15, 0.2) is 0 Å². The van der Waals surface area contributed by atoms with Crippen LogP contribution in [-0.2, 0) is 4.79 Å². The fraction of sp³-hybridized carbons (Fsp3) is 0.200. The minimum absolute atomic E-state index is 0.0207. The van der Waals surface area contributed by atoms with Crippen molar-refractivity contribution in [3.05, 3.63) is 53.3 Å². The van der Waals surface area contributed by atoms with Crippen LogP contribution in [0.2, 0.25) is 0 Å². The van der Waals surface area contributed by atoms with Crippen molar-refractivity contribution in [2.75, 3.05) is 0 Å². The highest BCUT2D eigenvalue weighted by molar-refractivity contribution is 5.94. The number of carboxylic acids is 1. The van der Waals surface area contributed by atoms with Crippen molar-refractivity contribution in [3.8, 4) is 6.01 Å². The monoisotopic (exact) mass is 285 g/mol. The van der Waals surface area contributed by atoms with E-state index in [1.807, 2.05) is 30.3 Å². The third-order valence-electron chi connectivity index (χ3n) is 2.77. The summed E-state index contributed by atoms with van der Waals surface area (Å²) in [5.74, 6) is -0.433. The number of aromatic nitrogens is 3. The zero-order chi connectivity index (χ0) is 15.4. The topological polar surface area (TPSA) is 85.2 Å². The number of hydrogen-bond donors (Lipinski definition) is 1. The number of aliphatic carboxylic acids is 1. The van der Waals surface area contributed by atoms with Crippen LogP contribution >= 0.6 is 0 Å². The van der Waals surface area contributed by atoms with Crippen molar-refractivity contribution < 1.29 is 14.6 Å². The first-order valence-corrected chi connectivity index (χ1v) is 6.34. The van der Waals surface area contributed by atoms with Gasteiger partial charge in [0.2, 0.25) is 5.76 Å². The zero-order valence-electron chi connectivity index (χ0n) is 12.0. The molecule has 1 aromatic carbocycles. The highest BCUT2D eigenvalue weighted by Crippen LogP contribution is 2.20. The van der Waals surface area contributed by atoms with Gasteiger partial charge in [-0.2, -0.15) is 9.97 Å². The van der Waals surface area contributed by atoms with Crippen molar-refractivity contribution in [2.24, 2.45) is 0 Å². The predicted octanol–water partition coefficient (Wildman–Crippen LogP) is 2.38. The summed E-state index contributed by atoms with van der Waals surface area (Å²) in [4.78, 5) is 23.4. The maximum Gasteiger partial charge on any atom is 0.372 e. The second-order valence-corrected chi connectivity index (χ2v) is 4.44. The van der Waals surface area contributed by atoms with E-state index in [9.17, 15) is 9.90 Å². The molecule has 6 nitrogen and oxygen atoms in total. The Morgan fingerprint density at radius 2 is 1.62 bits per heavy atom. The highest BCUT2D eigenvalue weighted by Gasteiger charge is 2.17. The van der Waals surface area contributed by atoms with E-state index in [0.717, 1.165) is 5.56 Å². The van der Waals surface area contributed by atoms with Crippen LogP contribution in [0.3, 0.4) is 0 Å². The van der Waals surface area contributed by atoms with Crippen molar-refractivity contribution in [3.63, 3.8) is 0 Å². The first-order valence-electron chi connectivity index (χ1n) is 6.34. The molecule has 6 heteroatoms. The summed E-state index contributed by atoms with van der Waals surface area (Å²) >= 11 is 0. The van der Waals surface area contributed by atoms with E-state index in [4.69, 9.17) is 4.74 Å². The van der Waals surface area contributed by atoms with Crippen LogP contribution in [0, 0.1) is 13.8 Å². The molecule has 2 aromatic rings. The van der Waals surface area contributed by atoms with Gasteiger partial charge in [-0.25, -0.2) is 9.78 Å². The number of nitrogens with zero attached hydrogens (tertiary/aromatic N) is 3. The fourth-order valence-corrected chi connectivity index (χ4v) is 1.82. The van der Waals surface area contributed by atoms with Crippen LogP contribution < -0.4 is 4.74 Å². The lowest BCUT2D eigenvalue weighted by atomic mass is 10.1. The molecule has 0 bridgehead atoms. The standard InChI is InChI=1S/C15H15N3O3/c1-9(12-7-5-4-6-8-12)13(14(19)20)21-15-17-10(2)16-11(3)18-15/h4-8H,1-3H3,(H,19,20)/b13-9+. The smallest absolute Gasteiger partial charge is 0.372 e. The minimum atomic E-state index is -1.17. The van der Waals surface area contributed by atoms with Crippen LogP contribution in [0.25, 0.3) is 5.57 Å². The van der Waals surface area contributed by atoms with Crippen LogP contribution in [0.15, 0.2) is 36.1 Å². The summed E-state index contributed by atoms with van der Waals surface area (Å²) < 4.78 is 5.37. The van der Waals surface area contributed by atoms with Crippen LogP contribution in [-0.4, -0.2) is 26.0 Å². The molecule has 0 aliphatic heterocycles. The van der Waals surface area contributed by atoms with E-state index in [1.165, 1.54) is 0 Å². The van der Waals surface area contributed by atoms with E-state index < -0.39 is 5.97 Å². The van der Waals surface area contributed by atoms with Crippen molar-refractivity contribution >= 4 is 11.5 Å². The summed E-state index contributed by atoms with van der Waals surface area (Å²) in [5, 5.41) is 9.35. The molecule has 0 atom stereocenters. The third kappa shape index (κ3) is 3.62. The van der Waals surface area contributed by atoms with Crippen LogP contribution in [0.1, 0.15) is 24.1 Å². The number of carbonyl (C=O) groups is 1. The SMILES string of the molecule is C/C(=C(\Oc1nc(C)nc(C)n1)C(=O)O)c1ccccc1. The first kappa shape index (κ1) is 14.6. The number of ether oxygens (including phenoxy) is 1. The maximum absolute atomic E-state index is 11.4. The van der Waals surface area contributed by atoms with Crippen molar-refractivity contribution in [1.29, 1.82) is 0 Å². The molecule has 0 spiro atoms. The van der Waals surface area contributed by atoms with Gasteiger partial charge in [-0.15, -0.1) is 0 Å². The molecular formula is C15H15N3O3. The molecule has 0 aliphatic carbocycles. The number of carboxylic acid groups (broad SMARTS) is 1. The Labute approximate surface area is 122 Å². The average molecular weight is 285 g/mol. The predicted molar refractivity (Wildman–Crippen MR) is 76.6 cm³/mol. The van der Waals surface area contributed by atoms with Gasteiger partial charge < -0.3 is 9.84 Å². The summed E-state index contributed by atoms with van der Waals surface area (Å²) in [6.07, 6.45) is 0. The molecule has 0 amide bonds. The molecule has 21 heavy (non-hydrogen) atoms. The minimum Gasteiger partial charge on any atom is -0.475 e. The molecule has 108 valence electrons. The Hall–Kier alpha value is -2.76. The van der Waals surface area contributed by atoms with Gasteiger partial charge in [-0.05, 0) is 26.3 Å². The quantitative estimate of drug-likeness (QED) is 0.685. The number of benzene rings is 1. The molecule has 2 rings (SSSR count). The molecule has 1 N–H and O–H groups in total. The molecular weight excluding hydrogens is 270 g/mol. The normalized spacial score (nSPS) is 11.8. The Bertz CT molecular complexity index is 676. The van der Waals surface area contributed by atoms with Crippen molar-refractivity contribution in [1.82, 2.24) is 15.0 Å². The molecule has 0 saturated carbocycles. The van der Waals surface area contributed by atoms with Crippen LogP contribution in [0.4, 0.5) is 0 Å². The van der Waals surface area contributed by atoms with E-state index in [0.29, 0.717) is 17.2 Å². The third-order valence-corrected chi connectivity index (χ3v) is 2.77. The van der Waals surface area contributed by atoms with Gasteiger partial charge >= 0.3 is 12.0 Å². The van der Waals surface area contributed by atoms with E-state index >= 15 is 0 Å². The molecule has 0 unspecified atom stereocenters. The molecule has 1 aromatic heterocycles. The number of hydrogen-bond acceptors (Lipinski definition) is 5. The Balaban J connectivity index is 2.42. The lowest BCUT2D eigenvalue weighted by molar-refractivity contribution is -0.135. The van der Waals surface area contributed by atoms with Gasteiger partial charge in [0.1, 0.15) is 11.6 Å². The van der Waals surface area contributed by atoms with Crippen LogP contribution in [0.5, 0.6) is 6.01 Å². The number of allylic oxidation sites excluding steroid dienone is 1. The van der Waals surface area contributed by atoms with Gasteiger partial charge in [0.05, 0.1) is 0 Å². The molecule has 0 fully saturated rings. The largest absolute Gasteiger partial charge is 0.475 e. The zero-order valence-corrected chi connectivity index (χ0v) is 12.0. The second kappa shape index (κ2) is 6.13. The Morgan fingerprint density at radius 3 is 2.14 bits per heavy atom. The summed E-state index contributed by atoms with van der Waals surface area (Å²) in [6, 6.07) is 9.12. The van der Waals surface area contributed by atoms with Gasteiger partial charge in [0, 0.05) is 5.57 Å². The Morgan fingerprint density at radius 1 is 1.05 bits per heavy atom. The molecule has 1 heterocycles. The molecule has 0 saturated heterocycles. The van der Waals surface area contributed by atoms with E-state index in [2.05, 4.69) is 15.0 Å². The average Bonchev–Trinajstić information content (AvgIpc) is 2.43. The highest BCUT2D eigenvalue weighted by atomic mass is 16.5. The second-order valence-electron chi connectivity index (χ2n) is 4.44. The number of aryl methyl sites for hydroxylation is 2. The molecule has 0 aliphatic rings. The summed E-state index contributed by atoms with van der Waals surface area (Å²) in [6.45, 7) is 5.06. The fourth-order valence-electron chi connectivity index (χ4n) is 1.82. The lowest BCUT2D eigenvalue weighted by Gasteiger charge is -2.09. The first-order chi connectivity index (χ1) is 9.97. The van der Waals surface area contributed by atoms with Crippen molar-refractivity contribution in [2.45, 2.75) is 20.8 Å². The Kier molecular flexibility index (Phi) is 4.27. The summed E-state index contributed by atoms with van der Waals surface area (Å²) in [7, 11) is 0. The van der Waals surface area contributed by atoms with E-state index in [-0.39, 0.29) is 11.8 Å². The van der Waals surface area contributed by atoms with Gasteiger partial charge in [-0.1, -0.05) is 30.3 Å². The lowest BCUT2D eigenvalue weighted by Crippen LogP contribution is -2.12. The maximum atomic E-state index is 11.4. The van der Waals surface area contributed by atoms with Gasteiger partial charge in [0.25, 0.3) is 0 Å². The van der Waals surface area contributed by atoms with E-state index in [1.54, 1.807) is 20.8 Å². The summed E-state index contributed by atoms with van der Waals surface area (Å²) in [5.41, 5.74) is 1.26. The number of rotatable bonds is 4. The molecule has 0 radical (unpaired) electrons. The van der Waals surface area contributed by atoms with Gasteiger partial charge in [-0.3, -0.25) is 0 Å².